The highest BCUT2D eigenvalue weighted by Gasteiger charge is 2.29. The second-order valence-corrected chi connectivity index (χ2v) is 5.88. The Morgan fingerprint density at radius 3 is 1.16 bits per heavy atom. The number of carbonyl (C=O) groups excluding carboxylic acids is 2. The summed E-state index contributed by atoms with van der Waals surface area (Å²) in [7, 11) is 0. The van der Waals surface area contributed by atoms with Crippen LogP contribution in [0, 0.1) is 0 Å². The van der Waals surface area contributed by atoms with E-state index in [0.717, 1.165) is 0 Å². The van der Waals surface area contributed by atoms with Crippen molar-refractivity contribution in [1.29, 1.82) is 0 Å². The number of carboxylic acid groups (broad SMARTS) is 2. The minimum Gasteiger partial charge on any atom is -0.542 e. The van der Waals surface area contributed by atoms with Crippen LogP contribution in [-0.4, -0.2) is 24.3 Å². The van der Waals surface area contributed by atoms with Gasteiger partial charge >= 0.3 is 12.4 Å². The SMILES string of the molecule is C1=Cc2ccccc2[NH2+]1.C1=Cc2ccccc2[NH2+]1.O=C([O-])C(F)(F)F.O=C([O-])C(F)(F)F. The zero-order valence-electron chi connectivity index (χ0n) is 16.0. The minimum absolute atomic E-state index is 1.33. The van der Waals surface area contributed by atoms with E-state index in [4.69, 9.17) is 19.8 Å². The lowest BCUT2D eigenvalue weighted by Gasteiger charge is -2.03. The van der Waals surface area contributed by atoms with Crippen molar-refractivity contribution in [3.63, 3.8) is 0 Å². The van der Waals surface area contributed by atoms with Crippen LogP contribution in [0.4, 0.5) is 37.7 Å². The Bertz CT molecular complexity index is 905. The number of carbonyl (C=O) groups is 2. The van der Waals surface area contributed by atoms with Crippen LogP contribution in [0.3, 0.4) is 0 Å². The van der Waals surface area contributed by atoms with Gasteiger partial charge in [0.2, 0.25) is 0 Å². The fourth-order valence-electron chi connectivity index (χ4n) is 2.14. The van der Waals surface area contributed by atoms with Crippen molar-refractivity contribution in [3.8, 4) is 0 Å². The summed E-state index contributed by atoms with van der Waals surface area (Å²) >= 11 is 0. The van der Waals surface area contributed by atoms with Gasteiger partial charge in [-0.25, -0.2) is 0 Å². The maximum absolute atomic E-state index is 10.5. The number of rotatable bonds is 0. The van der Waals surface area contributed by atoms with Crippen LogP contribution in [0.1, 0.15) is 11.1 Å². The monoisotopic (exact) mass is 462 g/mol. The Morgan fingerprint density at radius 1 is 0.625 bits per heavy atom. The third kappa shape index (κ3) is 9.45. The lowest BCUT2D eigenvalue weighted by Crippen LogP contribution is -2.69. The summed E-state index contributed by atoms with van der Waals surface area (Å²) in [5, 5.41) is 21.8. The van der Waals surface area contributed by atoms with E-state index in [1.54, 1.807) is 0 Å². The van der Waals surface area contributed by atoms with Gasteiger partial charge in [0, 0.05) is 35.4 Å². The number of halogens is 6. The molecule has 2 heterocycles. The number of hydrogen-bond donors (Lipinski definition) is 2. The molecule has 0 atom stereocenters. The van der Waals surface area contributed by atoms with E-state index >= 15 is 0 Å². The van der Waals surface area contributed by atoms with Crippen molar-refractivity contribution in [1.82, 2.24) is 0 Å². The first-order valence-corrected chi connectivity index (χ1v) is 8.59. The molecule has 0 saturated heterocycles. The molecule has 172 valence electrons. The van der Waals surface area contributed by atoms with Crippen molar-refractivity contribution in [2.45, 2.75) is 12.4 Å². The lowest BCUT2D eigenvalue weighted by atomic mass is 10.2. The molecular weight excluding hydrogens is 446 g/mol. The third-order valence-corrected chi connectivity index (χ3v) is 3.56. The Hall–Kier alpha value is -3.64. The van der Waals surface area contributed by atoms with E-state index in [1.807, 2.05) is 0 Å². The lowest BCUT2D eigenvalue weighted by molar-refractivity contribution is -0.491. The zero-order valence-corrected chi connectivity index (χ0v) is 16.0. The molecule has 0 radical (unpaired) electrons. The number of benzene rings is 2. The molecule has 2 aliphatic heterocycles. The van der Waals surface area contributed by atoms with Crippen molar-refractivity contribution < 1.29 is 56.8 Å². The Balaban J connectivity index is 0.000000216. The average Bonchev–Trinajstić information content (AvgIpc) is 3.37. The molecule has 0 bridgehead atoms. The van der Waals surface area contributed by atoms with Gasteiger partial charge in [-0.05, 0) is 12.1 Å². The molecular formula is C20H16F6N2O4. The minimum atomic E-state index is -5.19. The summed E-state index contributed by atoms with van der Waals surface area (Å²) in [4.78, 5) is 17.6. The van der Waals surface area contributed by atoms with Crippen LogP contribution >= 0.6 is 0 Å². The fraction of sp³-hybridized carbons (Fsp3) is 0.100. The molecule has 0 unspecified atom stereocenters. The van der Waals surface area contributed by atoms with Crippen molar-refractivity contribution in [3.05, 3.63) is 72.1 Å². The Kier molecular flexibility index (Phi) is 9.63. The molecule has 4 N–H and O–H groups in total. The highest BCUT2D eigenvalue weighted by Crippen LogP contribution is 2.14. The van der Waals surface area contributed by atoms with E-state index in [2.05, 4.69) is 83.7 Å². The molecule has 12 heteroatoms. The first-order chi connectivity index (χ1) is 14.8. The van der Waals surface area contributed by atoms with Crippen LogP contribution < -0.4 is 20.8 Å². The average molecular weight is 462 g/mol. The van der Waals surface area contributed by atoms with E-state index in [9.17, 15) is 26.3 Å². The summed E-state index contributed by atoms with van der Waals surface area (Å²) in [6.07, 6.45) is -2.00. The van der Waals surface area contributed by atoms with Crippen molar-refractivity contribution >= 4 is 35.5 Å². The van der Waals surface area contributed by atoms with E-state index in [1.165, 1.54) is 22.5 Å². The first-order valence-electron chi connectivity index (χ1n) is 8.59. The number of fused-ring (bicyclic) bond motifs is 2. The molecule has 32 heavy (non-hydrogen) atoms. The third-order valence-electron chi connectivity index (χ3n) is 3.56. The number of nitrogens with two attached hydrogens (primary N) is 2. The number of quaternary nitrogens is 2. The van der Waals surface area contributed by atoms with Crippen molar-refractivity contribution in [2.75, 3.05) is 0 Å². The molecule has 2 aromatic carbocycles. The largest absolute Gasteiger partial charge is 0.542 e. The van der Waals surface area contributed by atoms with Gasteiger partial charge in [0.15, 0.2) is 0 Å². The highest BCUT2D eigenvalue weighted by molar-refractivity contribution is 5.71. The maximum Gasteiger partial charge on any atom is 0.430 e. The first kappa shape index (κ1) is 26.4. The van der Waals surface area contributed by atoms with E-state index in [-0.39, 0.29) is 0 Å². The fourth-order valence-corrected chi connectivity index (χ4v) is 2.14. The zero-order chi connectivity index (χ0) is 24.4. The molecule has 4 rings (SSSR count). The van der Waals surface area contributed by atoms with Crippen LogP contribution in [0.2, 0.25) is 0 Å². The second-order valence-electron chi connectivity index (χ2n) is 5.88. The predicted octanol–water partition coefficient (Wildman–Crippen LogP) is 0.329. The summed E-state index contributed by atoms with van der Waals surface area (Å²) in [6.45, 7) is 0. The van der Waals surface area contributed by atoms with Crippen LogP contribution in [0.5, 0.6) is 0 Å². The molecule has 6 nitrogen and oxygen atoms in total. The van der Waals surface area contributed by atoms with Gasteiger partial charge in [-0.15, -0.1) is 0 Å². The number of hydrogen-bond acceptors (Lipinski definition) is 4. The molecule has 0 fully saturated rings. The van der Waals surface area contributed by atoms with Gasteiger partial charge in [-0.3, -0.25) is 10.6 Å². The number of para-hydroxylation sites is 2. The molecule has 0 aromatic heterocycles. The highest BCUT2D eigenvalue weighted by atomic mass is 19.4. The molecule has 0 saturated carbocycles. The summed E-state index contributed by atoms with van der Waals surface area (Å²) in [6, 6.07) is 16.7. The van der Waals surface area contributed by atoms with E-state index < -0.39 is 24.3 Å². The molecule has 0 aliphatic carbocycles. The summed E-state index contributed by atoms with van der Waals surface area (Å²) in [5.74, 6) is -6.01. The smallest absolute Gasteiger partial charge is 0.430 e. The van der Waals surface area contributed by atoms with Gasteiger partial charge in [0.1, 0.15) is 23.3 Å². The Morgan fingerprint density at radius 2 is 0.906 bits per heavy atom. The van der Waals surface area contributed by atoms with E-state index in [0.29, 0.717) is 0 Å². The van der Waals surface area contributed by atoms with Crippen molar-refractivity contribution in [2.24, 2.45) is 0 Å². The van der Waals surface area contributed by atoms with Gasteiger partial charge in [-0.2, -0.15) is 26.3 Å². The standard InChI is InChI=1S/2C8H7N.2C2HF3O2/c2*1-2-4-8-7(3-1)5-6-9-8;2*3-2(4,5)1(6)7/h2*1-6,9H;2*(H,6,7). The molecule has 0 amide bonds. The molecule has 0 spiro atoms. The normalized spacial score (nSPS) is 12.7. The summed E-state index contributed by atoms with van der Waals surface area (Å²) < 4.78 is 63.1. The number of alkyl halides is 6. The second kappa shape index (κ2) is 11.7. The Labute approximate surface area is 177 Å². The topological polar surface area (TPSA) is 113 Å². The quantitative estimate of drug-likeness (QED) is 0.434. The number of carboxylic acids is 2. The number of aliphatic carboxylic acids is 2. The van der Waals surface area contributed by atoms with Crippen LogP contribution in [0.25, 0.3) is 12.2 Å². The van der Waals surface area contributed by atoms with Gasteiger partial charge in [0.05, 0.1) is 12.4 Å². The van der Waals surface area contributed by atoms with Crippen LogP contribution in [0.15, 0.2) is 60.9 Å². The van der Waals surface area contributed by atoms with Gasteiger partial charge in [-0.1, -0.05) is 24.3 Å². The van der Waals surface area contributed by atoms with Crippen LogP contribution in [-0.2, 0) is 9.59 Å². The predicted molar refractivity (Wildman–Crippen MR) is 96.2 cm³/mol. The molecule has 2 aromatic rings. The summed E-state index contributed by atoms with van der Waals surface area (Å²) in [5.41, 5.74) is 5.32. The van der Waals surface area contributed by atoms with Gasteiger partial charge < -0.3 is 19.8 Å². The van der Waals surface area contributed by atoms with Gasteiger partial charge in [0.25, 0.3) is 0 Å². The molecule has 2 aliphatic rings. The maximum atomic E-state index is 10.5.